The van der Waals surface area contributed by atoms with E-state index in [1.54, 1.807) is 0 Å². The maximum Gasteiger partial charge on any atom is 0.110 e. The lowest BCUT2D eigenvalue weighted by Crippen LogP contribution is -2.20. The molecule has 2 rings (SSSR count). The van der Waals surface area contributed by atoms with Crippen molar-refractivity contribution in [2.45, 2.75) is 38.6 Å². The molecular weight excluding hydrogens is 208 g/mol. The zero-order valence-corrected chi connectivity index (χ0v) is 9.94. The van der Waals surface area contributed by atoms with Gasteiger partial charge in [-0.25, -0.2) is 4.98 Å². The van der Waals surface area contributed by atoms with Crippen LogP contribution in [-0.4, -0.2) is 23.2 Å². The predicted octanol–water partition coefficient (Wildman–Crippen LogP) is 1.66. The van der Waals surface area contributed by atoms with Crippen LogP contribution >= 0.6 is 11.3 Å². The molecule has 0 saturated carbocycles. The molecule has 1 aliphatic rings. The number of aromatic nitrogens is 1. The Morgan fingerprint density at radius 2 is 2.40 bits per heavy atom. The standard InChI is InChI=1S/C11H18N2OS/c1-8(12-6-3-7-14)11-13-9-4-2-5-10(9)15-11/h8,12,14H,2-7H2,1H3. The highest BCUT2D eigenvalue weighted by atomic mass is 32.1. The molecule has 1 aliphatic carbocycles. The summed E-state index contributed by atoms with van der Waals surface area (Å²) in [6.45, 7) is 3.27. The van der Waals surface area contributed by atoms with E-state index in [2.05, 4.69) is 17.2 Å². The number of nitrogens with one attached hydrogen (secondary N) is 1. The molecule has 1 aromatic rings. The summed E-state index contributed by atoms with van der Waals surface area (Å²) in [5.41, 5.74) is 1.32. The fourth-order valence-corrected chi connectivity index (χ4v) is 3.06. The quantitative estimate of drug-likeness (QED) is 0.751. The third-order valence-corrected chi connectivity index (χ3v) is 4.11. The Kier molecular flexibility index (Phi) is 3.72. The van der Waals surface area contributed by atoms with Crippen LogP contribution in [0.1, 0.15) is 41.4 Å². The molecule has 15 heavy (non-hydrogen) atoms. The van der Waals surface area contributed by atoms with E-state index in [-0.39, 0.29) is 6.61 Å². The average Bonchev–Trinajstić information content (AvgIpc) is 2.76. The van der Waals surface area contributed by atoms with Crippen molar-refractivity contribution in [2.24, 2.45) is 0 Å². The van der Waals surface area contributed by atoms with Crippen LogP contribution < -0.4 is 5.32 Å². The Labute approximate surface area is 94.5 Å². The van der Waals surface area contributed by atoms with Gasteiger partial charge >= 0.3 is 0 Å². The summed E-state index contributed by atoms with van der Waals surface area (Å²) in [5.74, 6) is 0. The number of aliphatic hydroxyl groups is 1. The predicted molar refractivity (Wildman–Crippen MR) is 62.3 cm³/mol. The van der Waals surface area contributed by atoms with E-state index in [1.165, 1.54) is 28.4 Å². The van der Waals surface area contributed by atoms with E-state index in [0.717, 1.165) is 19.4 Å². The molecule has 0 spiro atoms. The maximum atomic E-state index is 8.69. The summed E-state index contributed by atoms with van der Waals surface area (Å²) in [5, 5.41) is 13.3. The van der Waals surface area contributed by atoms with Gasteiger partial charge in [0.05, 0.1) is 11.7 Å². The fraction of sp³-hybridized carbons (Fsp3) is 0.727. The van der Waals surface area contributed by atoms with Crippen LogP contribution in [0.25, 0.3) is 0 Å². The number of fused-ring (bicyclic) bond motifs is 1. The minimum absolute atomic E-state index is 0.258. The van der Waals surface area contributed by atoms with Crippen molar-refractivity contribution < 1.29 is 5.11 Å². The number of rotatable bonds is 5. The average molecular weight is 226 g/mol. The van der Waals surface area contributed by atoms with Gasteiger partial charge in [0.2, 0.25) is 0 Å². The maximum absolute atomic E-state index is 8.69. The number of hydrogen-bond donors (Lipinski definition) is 2. The van der Waals surface area contributed by atoms with Crippen molar-refractivity contribution in [2.75, 3.05) is 13.2 Å². The number of hydrogen-bond acceptors (Lipinski definition) is 4. The molecule has 0 fully saturated rings. The smallest absolute Gasteiger partial charge is 0.110 e. The summed E-state index contributed by atoms with van der Waals surface area (Å²) in [6.07, 6.45) is 4.47. The number of aliphatic hydroxyl groups excluding tert-OH is 1. The third kappa shape index (κ3) is 2.56. The molecule has 0 saturated heterocycles. The molecule has 1 heterocycles. The molecule has 0 aliphatic heterocycles. The SMILES string of the molecule is CC(NCCCO)c1nc2c(s1)CCC2. The lowest BCUT2D eigenvalue weighted by Gasteiger charge is -2.09. The van der Waals surface area contributed by atoms with Gasteiger partial charge in [-0.05, 0) is 39.2 Å². The third-order valence-electron chi connectivity index (χ3n) is 2.77. The first kappa shape index (κ1) is 11.0. The first-order chi connectivity index (χ1) is 7.31. The number of thiazole rings is 1. The van der Waals surface area contributed by atoms with Crippen LogP contribution in [0.2, 0.25) is 0 Å². The second-order valence-corrected chi connectivity index (χ2v) is 5.14. The van der Waals surface area contributed by atoms with Gasteiger partial charge in [0.15, 0.2) is 0 Å². The van der Waals surface area contributed by atoms with E-state index in [0.29, 0.717) is 6.04 Å². The van der Waals surface area contributed by atoms with Crippen molar-refractivity contribution in [3.05, 3.63) is 15.6 Å². The Bertz CT molecular complexity index is 303. The number of nitrogens with zero attached hydrogens (tertiary/aromatic N) is 1. The molecule has 84 valence electrons. The number of aryl methyl sites for hydroxylation is 2. The van der Waals surface area contributed by atoms with Gasteiger partial charge in [-0.15, -0.1) is 11.3 Å². The second kappa shape index (κ2) is 5.05. The largest absolute Gasteiger partial charge is 0.396 e. The van der Waals surface area contributed by atoms with Gasteiger partial charge in [-0.1, -0.05) is 0 Å². The van der Waals surface area contributed by atoms with Crippen LogP contribution in [0.4, 0.5) is 0 Å². The summed E-state index contributed by atoms with van der Waals surface area (Å²) in [4.78, 5) is 6.15. The normalized spacial score (nSPS) is 16.7. The Hall–Kier alpha value is -0.450. The van der Waals surface area contributed by atoms with E-state index in [9.17, 15) is 0 Å². The minimum atomic E-state index is 0.258. The van der Waals surface area contributed by atoms with Crippen molar-refractivity contribution >= 4 is 11.3 Å². The first-order valence-corrected chi connectivity index (χ1v) is 6.45. The summed E-state index contributed by atoms with van der Waals surface area (Å²) >= 11 is 1.85. The molecule has 0 amide bonds. The zero-order chi connectivity index (χ0) is 10.7. The lowest BCUT2D eigenvalue weighted by atomic mass is 10.3. The van der Waals surface area contributed by atoms with Crippen LogP contribution in [0.3, 0.4) is 0 Å². The molecular formula is C11H18N2OS. The van der Waals surface area contributed by atoms with Crippen LogP contribution in [0.15, 0.2) is 0 Å². The fourth-order valence-electron chi connectivity index (χ4n) is 1.88. The van der Waals surface area contributed by atoms with Crippen LogP contribution in [-0.2, 0) is 12.8 Å². The second-order valence-electron chi connectivity index (χ2n) is 4.03. The van der Waals surface area contributed by atoms with Gasteiger partial charge in [0.1, 0.15) is 5.01 Å². The van der Waals surface area contributed by atoms with E-state index in [1.807, 2.05) is 11.3 Å². The van der Waals surface area contributed by atoms with Crippen LogP contribution in [0, 0.1) is 0 Å². The highest BCUT2D eigenvalue weighted by Gasteiger charge is 2.19. The van der Waals surface area contributed by atoms with Gasteiger partial charge in [-0.3, -0.25) is 0 Å². The van der Waals surface area contributed by atoms with Gasteiger partial charge in [0.25, 0.3) is 0 Å². The topological polar surface area (TPSA) is 45.1 Å². The van der Waals surface area contributed by atoms with Crippen molar-refractivity contribution in [3.8, 4) is 0 Å². The van der Waals surface area contributed by atoms with E-state index >= 15 is 0 Å². The van der Waals surface area contributed by atoms with Gasteiger partial charge < -0.3 is 10.4 Å². The molecule has 0 bridgehead atoms. The molecule has 1 aromatic heterocycles. The molecule has 0 radical (unpaired) electrons. The van der Waals surface area contributed by atoms with Crippen molar-refractivity contribution in [1.29, 1.82) is 0 Å². The molecule has 1 unspecified atom stereocenters. The molecule has 3 nitrogen and oxygen atoms in total. The Morgan fingerprint density at radius 3 is 3.13 bits per heavy atom. The molecule has 4 heteroatoms. The molecule has 2 N–H and O–H groups in total. The summed E-state index contributed by atoms with van der Waals surface area (Å²) in [7, 11) is 0. The summed E-state index contributed by atoms with van der Waals surface area (Å²) < 4.78 is 0. The molecule has 0 aromatic carbocycles. The lowest BCUT2D eigenvalue weighted by molar-refractivity contribution is 0.284. The molecule has 1 atom stereocenters. The zero-order valence-electron chi connectivity index (χ0n) is 9.12. The summed E-state index contributed by atoms with van der Waals surface area (Å²) in [6, 6.07) is 0.326. The monoisotopic (exact) mass is 226 g/mol. The Morgan fingerprint density at radius 1 is 1.53 bits per heavy atom. The van der Waals surface area contributed by atoms with E-state index < -0.39 is 0 Å². The van der Waals surface area contributed by atoms with Gasteiger partial charge in [0, 0.05) is 11.5 Å². The minimum Gasteiger partial charge on any atom is -0.396 e. The highest BCUT2D eigenvalue weighted by molar-refractivity contribution is 7.11. The van der Waals surface area contributed by atoms with Crippen LogP contribution in [0.5, 0.6) is 0 Å². The van der Waals surface area contributed by atoms with E-state index in [4.69, 9.17) is 5.11 Å². The first-order valence-electron chi connectivity index (χ1n) is 5.64. The highest BCUT2D eigenvalue weighted by Crippen LogP contribution is 2.30. The van der Waals surface area contributed by atoms with Gasteiger partial charge in [-0.2, -0.15) is 0 Å². The van der Waals surface area contributed by atoms with Crippen molar-refractivity contribution in [1.82, 2.24) is 10.3 Å². The Balaban J connectivity index is 1.91. The van der Waals surface area contributed by atoms with Crippen molar-refractivity contribution in [3.63, 3.8) is 0 Å².